The van der Waals surface area contributed by atoms with Gasteiger partial charge in [0.2, 0.25) is 0 Å². The number of nitrogens with zero attached hydrogens (tertiary/aromatic N) is 4. The van der Waals surface area contributed by atoms with E-state index in [1.165, 1.54) is 18.5 Å². The van der Waals surface area contributed by atoms with Crippen LogP contribution in [0.1, 0.15) is 12.8 Å². The van der Waals surface area contributed by atoms with Gasteiger partial charge in [0.15, 0.2) is 11.5 Å². The van der Waals surface area contributed by atoms with Crippen molar-refractivity contribution in [3.05, 3.63) is 49.1 Å². The number of aromatic amines is 1. The molecule has 0 amide bonds. The van der Waals surface area contributed by atoms with Gasteiger partial charge >= 0.3 is 0 Å². The molecule has 5 rings (SSSR count). The van der Waals surface area contributed by atoms with Gasteiger partial charge in [-0.3, -0.25) is 4.55 Å². The van der Waals surface area contributed by atoms with Crippen LogP contribution in [0, 0.1) is 0 Å². The molecule has 1 atom stereocenters. The summed E-state index contributed by atoms with van der Waals surface area (Å²) in [6.07, 6.45) is 5.21. The highest BCUT2D eigenvalue weighted by atomic mass is 32.2. The molecule has 4 aromatic rings. The minimum Gasteiger partial charge on any atom is -0.382 e. The number of anilines is 2. The zero-order valence-corrected chi connectivity index (χ0v) is 16.8. The molecule has 9 nitrogen and oxygen atoms in total. The molecule has 1 aliphatic rings. The van der Waals surface area contributed by atoms with E-state index in [0.717, 1.165) is 47.2 Å². The summed E-state index contributed by atoms with van der Waals surface area (Å²) in [6.45, 7) is 1.55. The first-order valence-corrected chi connectivity index (χ1v) is 11.1. The summed E-state index contributed by atoms with van der Waals surface area (Å²) in [5.74, 6) is 0.841. The van der Waals surface area contributed by atoms with Crippen molar-refractivity contribution in [1.29, 1.82) is 0 Å². The summed E-state index contributed by atoms with van der Waals surface area (Å²) in [6, 6.07) is 10.6. The smallest absolute Gasteiger partial charge is 0.294 e. The second-order valence-corrected chi connectivity index (χ2v) is 8.75. The van der Waals surface area contributed by atoms with E-state index in [1.807, 2.05) is 18.2 Å². The Morgan fingerprint density at radius 3 is 2.97 bits per heavy atom. The van der Waals surface area contributed by atoms with Crippen LogP contribution in [0.2, 0.25) is 0 Å². The molecule has 1 fully saturated rings. The third-order valence-electron chi connectivity index (χ3n) is 5.53. The largest absolute Gasteiger partial charge is 0.382 e. The number of H-pyrrole nitrogens is 1. The van der Waals surface area contributed by atoms with Gasteiger partial charge in [-0.1, -0.05) is 18.2 Å². The highest BCUT2D eigenvalue weighted by molar-refractivity contribution is 7.85. The molecule has 2 aromatic carbocycles. The van der Waals surface area contributed by atoms with Crippen molar-refractivity contribution in [3.63, 3.8) is 0 Å². The first-order chi connectivity index (χ1) is 14.5. The molecule has 154 valence electrons. The van der Waals surface area contributed by atoms with E-state index < -0.39 is 10.1 Å². The highest BCUT2D eigenvalue weighted by Crippen LogP contribution is 2.30. The second kappa shape index (κ2) is 7.22. The van der Waals surface area contributed by atoms with Gasteiger partial charge in [0.1, 0.15) is 11.8 Å². The zero-order chi connectivity index (χ0) is 20.7. The predicted octanol–water partition coefficient (Wildman–Crippen LogP) is 2.83. The minimum atomic E-state index is -4.26. The van der Waals surface area contributed by atoms with E-state index in [1.54, 1.807) is 12.4 Å². The van der Waals surface area contributed by atoms with E-state index >= 15 is 0 Å². The summed E-state index contributed by atoms with van der Waals surface area (Å²) in [7, 11) is -4.26. The third-order valence-corrected chi connectivity index (χ3v) is 6.38. The number of hydrogen-bond acceptors (Lipinski definition) is 7. The fourth-order valence-corrected chi connectivity index (χ4v) is 4.60. The van der Waals surface area contributed by atoms with Crippen molar-refractivity contribution >= 4 is 43.6 Å². The number of rotatable bonds is 5. The monoisotopic (exact) mass is 424 g/mol. The molecule has 10 heteroatoms. The molecule has 3 heterocycles. The Balaban J connectivity index is 1.43. The molecule has 0 aliphatic carbocycles. The quantitative estimate of drug-likeness (QED) is 0.418. The lowest BCUT2D eigenvalue weighted by molar-refractivity contribution is 0.483. The van der Waals surface area contributed by atoms with E-state index in [2.05, 4.69) is 30.2 Å². The standard InChI is InChI=1S/C20H20N6O3S/c27-30(28,29)15-7-6-13-3-1-5-17(16(13)9-15)21-10-14-4-2-8-26(14)20-18-19(23-11-22-18)24-12-25-20/h1,3,5-7,9,11-12,14,21H,2,4,8,10H2,(H,27,28,29)(H,22,23,24,25). The lowest BCUT2D eigenvalue weighted by Crippen LogP contribution is -2.35. The van der Waals surface area contributed by atoms with Crippen LogP contribution in [0.25, 0.3) is 21.9 Å². The van der Waals surface area contributed by atoms with Gasteiger partial charge in [-0.2, -0.15) is 8.42 Å². The van der Waals surface area contributed by atoms with Gasteiger partial charge in [-0.15, -0.1) is 0 Å². The second-order valence-electron chi connectivity index (χ2n) is 7.33. The fourth-order valence-electron chi connectivity index (χ4n) is 4.09. The van der Waals surface area contributed by atoms with E-state index in [0.29, 0.717) is 12.2 Å². The van der Waals surface area contributed by atoms with Gasteiger partial charge in [-0.05, 0) is 36.4 Å². The number of nitrogens with one attached hydrogen (secondary N) is 2. The number of hydrogen-bond donors (Lipinski definition) is 3. The zero-order valence-electron chi connectivity index (χ0n) is 16.0. The molecule has 1 saturated heterocycles. The van der Waals surface area contributed by atoms with Gasteiger partial charge < -0.3 is 15.2 Å². The fraction of sp³-hybridized carbons (Fsp3) is 0.250. The van der Waals surface area contributed by atoms with Crippen molar-refractivity contribution in [2.45, 2.75) is 23.8 Å². The maximum Gasteiger partial charge on any atom is 0.294 e. The van der Waals surface area contributed by atoms with Crippen LogP contribution >= 0.6 is 0 Å². The summed E-state index contributed by atoms with van der Waals surface area (Å²) in [5, 5.41) is 5.10. The van der Waals surface area contributed by atoms with Gasteiger partial charge in [0.25, 0.3) is 10.1 Å². The first-order valence-electron chi connectivity index (χ1n) is 9.65. The molecular weight excluding hydrogens is 404 g/mol. The van der Waals surface area contributed by atoms with Gasteiger partial charge in [0.05, 0.1) is 11.2 Å². The molecule has 1 aliphatic heterocycles. The Hall–Kier alpha value is -3.24. The lowest BCUT2D eigenvalue weighted by atomic mass is 10.1. The first kappa shape index (κ1) is 18.8. The molecule has 30 heavy (non-hydrogen) atoms. The predicted molar refractivity (Wildman–Crippen MR) is 114 cm³/mol. The Bertz CT molecular complexity index is 1340. The topological polar surface area (TPSA) is 124 Å². The summed E-state index contributed by atoms with van der Waals surface area (Å²) < 4.78 is 32.5. The minimum absolute atomic E-state index is 0.116. The SMILES string of the molecule is O=S(=O)(O)c1ccc2cccc(NCC3CCCN3c3ncnc4nc[nH]c34)c2c1. The lowest BCUT2D eigenvalue weighted by Gasteiger charge is -2.26. The van der Waals surface area contributed by atoms with Crippen LogP contribution in [-0.2, 0) is 10.1 Å². The van der Waals surface area contributed by atoms with Crippen LogP contribution in [0.15, 0.2) is 53.9 Å². The third kappa shape index (κ3) is 3.33. The Morgan fingerprint density at radius 2 is 2.10 bits per heavy atom. The normalized spacial score (nSPS) is 17.1. The Labute approximate surface area is 172 Å². The maximum absolute atomic E-state index is 11.5. The summed E-state index contributed by atoms with van der Waals surface area (Å²) in [4.78, 5) is 18.1. The van der Waals surface area contributed by atoms with Crippen molar-refractivity contribution < 1.29 is 13.0 Å². The summed E-state index contributed by atoms with van der Waals surface area (Å²) in [5.41, 5.74) is 2.29. The number of benzene rings is 2. The van der Waals surface area contributed by atoms with Crippen molar-refractivity contribution in [3.8, 4) is 0 Å². The molecule has 0 bridgehead atoms. The average Bonchev–Trinajstić information content (AvgIpc) is 3.40. The van der Waals surface area contributed by atoms with E-state index in [-0.39, 0.29) is 10.9 Å². The Morgan fingerprint density at radius 1 is 1.20 bits per heavy atom. The molecule has 2 aromatic heterocycles. The van der Waals surface area contributed by atoms with Crippen LogP contribution in [0.5, 0.6) is 0 Å². The maximum atomic E-state index is 11.5. The highest BCUT2D eigenvalue weighted by Gasteiger charge is 2.27. The van der Waals surface area contributed by atoms with E-state index in [4.69, 9.17) is 0 Å². The molecule has 0 spiro atoms. The molecule has 1 unspecified atom stereocenters. The van der Waals surface area contributed by atoms with E-state index in [9.17, 15) is 13.0 Å². The van der Waals surface area contributed by atoms with Gasteiger partial charge in [-0.25, -0.2) is 15.0 Å². The van der Waals surface area contributed by atoms with Crippen LogP contribution in [0.3, 0.4) is 0 Å². The van der Waals surface area contributed by atoms with Crippen LogP contribution in [0.4, 0.5) is 11.5 Å². The van der Waals surface area contributed by atoms with Crippen molar-refractivity contribution in [2.75, 3.05) is 23.3 Å². The Kier molecular flexibility index (Phi) is 4.52. The molecular formula is C20H20N6O3S. The molecule has 3 N–H and O–H groups in total. The van der Waals surface area contributed by atoms with Gasteiger partial charge in [0, 0.05) is 30.2 Å². The molecule has 0 saturated carbocycles. The van der Waals surface area contributed by atoms with Crippen molar-refractivity contribution in [2.24, 2.45) is 0 Å². The van der Waals surface area contributed by atoms with Crippen molar-refractivity contribution in [1.82, 2.24) is 19.9 Å². The van der Waals surface area contributed by atoms with Crippen LogP contribution < -0.4 is 10.2 Å². The number of imidazole rings is 1. The number of fused-ring (bicyclic) bond motifs is 2. The number of aromatic nitrogens is 4. The summed E-state index contributed by atoms with van der Waals surface area (Å²) >= 11 is 0. The molecule has 0 radical (unpaired) electrons. The van der Waals surface area contributed by atoms with Crippen LogP contribution in [-0.4, -0.2) is 52.0 Å². The average molecular weight is 424 g/mol.